The molecule has 0 saturated carbocycles. The SMILES string of the molecule is CCCOc1ccc(C(=O)CCC(=O)N2CCCN(S(=O)(=O)c3ccc(C)cc3)CC2)cc1. The number of rotatable bonds is 9. The number of nitrogens with zero attached hydrogens (tertiary/aromatic N) is 2. The summed E-state index contributed by atoms with van der Waals surface area (Å²) in [6.45, 7) is 5.98. The van der Waals surface area contributed by atoms with Crippen LogP contribution in [0.15, 0.2) is 53.4 Å². The van der Waals surface area contributed by atoms with E-state index in [1.54, 1.807) is 53.4 Å². The van der Waals surface area contributed by atoms with Crippen molar-refractivity contribution >= 4 is 21.7 Å². The quantitative estimate of drug-likeness (QED) is 0.520. The van der Waals surface area contributed by atoms with Crippen molar-refractivity contribution in [3.05, 3.63) is 59.7 Å². The first-order chi connectivity index (χ1) is 15.8. The normalized spacial score (nSPS) is 15.2. The van der Waals surface area contributed by atoms with Crippen LogP contribution in [0.5, 0.6) is 5.75 Å². The minimum absolute atomic E-state index is 0.0937. The molecular weight excluding hydrogens is 440 g/mol. The van der Waals surface area contributed by atoms with E-state index in [2.05, 4.69) is 0 Å². The van der Waals surface area contributed by atoms with Gasteiger partial charge in [-0.2, -0.15) is 4.31 Å². The number of hydrogen-bond donors (Lipinski definition) is 0. The maximum atomic E-state index is 13.0. The Morgan fingerprint density at radius 1 is 0.909 bits per heavy atom. The Balaban J connectivity index is 1.52. The van der Waals surface area contributed by atoms with Crippen LogP contribution in [-0.4, -0.2) is 62.1 Å². The number of ketones is 1. The van der Waals surface area contributed by atoms with E-state index < -0.39 is 10.0 Å². The van der Waals surface area contributed by atoms with Crippen molar-refractivity contribution < 1.29 is 22.7 Å². The van der Waals surface area contributed by atoms with Crippen LogP contribution in [0.3, 0.4) is 0 Å². The van der Waals surface area contributed by atoms with Gasteiger partial charge in [-0.1, -0.05) is 24.6 Å². The summed E-state index contributed by atoms with van der Waals surface area (Å²) in [6, 6.07) is 13.8. The van der Waals surface area contributed by atoms with Gasteiger partial charge in [0.15, 0.2) is 5.78 Å². The first-order valence-electron chi connectivity index (χ1n) is 11.4. The molecule has 8 heteroatoms. The molecule has 1 saturated heterocycles. The van der Waals surface area contributed by atoms with Crippen LogP contribution >= 0.6 is 0 Å². The van der Waals surface area contributed by atoms with Gasteiger partial charge in [0, 0.05) is 44.6 Å². The summed E-state index contributed by atoms with van der Waals surface area (Å²) in [5.74, 6) is 0.504. The van der Waals surface area contributed by atoms with E-state index in [9.17, 15) is 18.0 Å². The van der Waals surface area contributed by atoms with Crippen LogP contribution in [0.25, 0.3) is 0 Å². The Morgan fingerprint density at radius 3 is 2.27 bits per heavy atom. The monoisotopic (exact) mass is 472 g/mol. The van der Waals surface area contributed by atoms with E-state index in [1.807, 2.05) is 13.8 Å². The van der Waals surface area contributed by atoms with Crippen LogP contribution < -0.4 is 4.74 Å². The fraction of sp³-hybridized carbons (Fsp3) is 0.440. The first kappa shape index (κ1) is 24.9. The summed E-state index contributed by atoms with van der Waals surface area (Å²) in [5.41, 5.74) is 1.55. The zero-order chi connectivity index (χ0) is 23.8. The molecule has 1 heterocycles. The van der Waals surface area contributed by atoms with E-state index in [-0.39, 0.29) is 36.0 Å². The maximum Gasteiger partial charge on any atom is 0.243 e. The number of ether oxygens (including phenoxy) is 1. The number of sulfonamides is 1. The molecule has 0 unspecified atom stereocenters. The molecule has 3 rings (SSSR count). The molecule has 1 amide bonds. The molecular formula is C25H32N2O5S. The van der Waals surface area contributed by atoms with Crippen molar-refractivity contribution in [2.75, 3.05) is 32.8 Å². The van der Waals surface area contributed by atoms with Gasteiger partial charge in [-0.15, -0.1) is 0 Å². The molecule has 178 valence electrons. The van der Waals surface area contributed by atoms with Gasteiger partial charge in [-0.25, -0.2) is 8.42 Å². The summed E-state index contributed by atoms with van der Waals surface area (Å²) in [5, 5.41) is 0. The summed E-state index contributed by atoms with van der Waals surface area (Å²) < 4.78 is 32.9. The standard InChI is InChI=1S/C25H32N2O5S/c1-3-19-32-22-9-7-21(8-10-22)24(28)13-14-25(29)26-15-4-16-27(18-17-26)33(30,31)23-11-5-20(2)6-12-23/h5-12H,3-4,13-19H2,1-2H3. The van der Waals surface area contributed by atoms with E-state index in [0.717, 1.165) is 17.7 Å². The molecule has 0 atom stereocenters. The van der Waals surface area contributed by atoms with Crippen LogP contribution in [0.2, 0.25) is 0 Å². The average molecular weight is 473 g/mol. The highest BCUT2D eigenvalue weighted by molar-refractivity contribution is 7.89. The highest BCUT2D eigenvalue weighted by atomic mass is 32.2. The van der Waals surface area contributed by atoms with Gasteiger partial charge in [0.1, 0.15) is 5.75 Å². The van der Waals surface area contributed by atoms with Crippen LogP contribution in [-0.2, 0) is 14.8 Å². The Kier molecular flexibility index (Phi) is 8.63. The topological polar surface area (TPSA) is 84.0 Å². The highest BCUT2D eigenvalue weighted by Crippen LogP contribution is 2.19. The number of carbonyl (C=O) groups is 2. The maximum absolute atomic E-state index is 13.0. The predicted octanol–water partition coefficient (Wildman–Crippen LogP) is 3.67. The zero-order valence-electron chi connectivity index (χ0n) is 19.3. The molecule has 1 aliphatic heterocycles. The van der Waals surface area contributed by atoms with Crippen LogP contribution in [0, 0.1) is 6.92 Å². The van der Waals surface area contributed by atoms with Crippen molar-refractivity contribution in [2.24, 2.45) is 0 Å². The lowest BCUT2D eigenvalue weighted by Crippen LogP contribution is -2.37. The third kappa shape index (κ3) is 6.65. The largest absolute Gasteiger partial charge is 0.494 e. The van der Waals surface area contributed by atoms with E-state index in [4.69, 9.17) is 4.74 Å². The summed E-state index contributed by atoms with van der Waals surface area (Å²) in [7, 11) is -3.59. The van der Waals surface area contributed by atoms with Crippen molar-refractivity contribution in [1.82, 2.24) is 9.21 Å². The van der Waals surface area contributed by atoms with Gasteiger partial charge in [0.2, 0.25) is 15.9 Å². The predicted molar refractivity (Wildman–Crippen MR) is 127 cm³/mol. The highest BCUT2D eigenvalue weighted by Gasteiger charge is 2.28. The number of carbonyl (C=O) groups excluding carboxylic acids is 2. The third-order valence-electron chi connectivity index (χ3n) is 5.68. The molecule has 1 fully saturated rings. The second-order valence-electron chi connectivity index (χ2n) is 8.25. The van der Waals surface area contributed by atoms with Crippen molar-refractivity contribution in [3.8, 4) is 5.75 Å². The molecule has 0 N–H and O–H groups in total. The lowest BCUT2D eigenvalue weighted by molar-refractivity contribution is -0.131. The van der Waals surface area contributed by atoms with Crippen molar-refractivity contribution in [2.45, 2.75) is 44.4 Å². The van der Waals surface area contributed by atoms with Crippen LogP contribution in [0.4, 0.5) is 0 Å². The van der Waals surface area contributed by atoms with Gasteiger partial charge in [-0.05, 0) is 56.2 Å². The molecule has 0 spiro atoms. The molecule has 1 aliphatic rings. The second-order valence-corrected chi connectivity index (χ2v) is 10.2. The fourth-order valence-electron chi connectivity index (χ4n) is 3.72. The summed E-state index contributed by atoms with van der Waals surface area (Å²) in [6.07, 6.45) is 1.70. The van der Waals surface area contributed by atoms with Gasteiger partial charge >= 0.3 is 0 Å². The fourth-order valence-corrected chi connectivity index (χ4v) is 5.19. The smallest absolute Gasteiger partial charge is 0.243 e. The Labute approximate surface area is 196 Å². The van der Waals surface area contributed by atoms with E-state index >= 15 is 0 Å². The molecule has 0 aliphatic carbocycles. The minimum atomic E-state index is -3.59. The Morgan fingerprint density at radius 2 is 1.61 bits per heavy atom. The minimum Gasteiger partial charge on any atom is -0.494 e. The van der Waals surface area contributed by atoms with Gasteiger partial charge < -0.3 is 9.64 Å². The number of amides is 1. The zero-order valence-corrected chi connectivity index (χ0v) is 20.1. The average Bonchev–Trinajstić information content (AvgIpc) is 3.09. The Bertz CT molecular complexity index is 1050. The molecule has 2 aromatic rings. The first-order valence-corrected chi connectivity index (χ1v) is 12.9. The van der Waals surface area contributed by atoms with Gasteiger partial charge in [0.25, 0.3) is 0 Å². The number of benzene rings is 2. The number of aryl methyl sites for hydroxylation is 1. The molecule has 2 aromatic carbocycles. The van der Waals surface area contributed by atoms with Crippen molar-refractivity contribution in [3.63, 3.8) is 0 Å². The molecule has 7 nitrogen and oxygen atoms in total. The molecule has 0 bridgehead atoms. The second kappa shape index (κ2) is 11.4. The van der Waals surface area contributed by atoms with E-state index in [0.29, 0.717) is 38.2 Å². The molecule has 0 aromatic heterocycles. The Hall–Kier alpha value is -2.71. The number of Topliss-reactive ketones (excluding diaryl/α,β-unsaturated/α-hetero) is 1. The van der Waals surface area contributed by atoms with Crippen molar-refractivity contribution in [1.29, 1.82) is 0 Å². The lowest BCUT2D eigenvalue weighted by Gasteiger charge is -2.22. The van der Waals surface area contributed by atoms with Crippen LogP contribution in [0.1, 0.15) is 48.5 Å². The van der Waals surface area contributed by atoms with Gasteiger partial charge in [0.05, 0.1) is 11.5 Å². The summed E-state index contributed by atoms with van der Waals surface area (Å²) >= 11 is 0. The molecule has 0 radical (unpaired) electrons. The van der Waals surface area contributed by atoms with E-state index in [1.165, 1.54) is 4.31 Å². The molecule has 33 heavy (non-hydrogen) atoms. The number of hydrogen-bond acceptors (Lipinski definition) is 5. The third-order valence-corrected chi connectivity index (χ3v) is 7.59. The lowest BCUT2D eigenvalue weighted by atomic mass is 10.1. The van der Waals surface area contributed by atoms with Gasteiger partial charge in [-0.3, -0.25) is 9.59 Å². The summed E-state index contributed by atoms with van der Waals surface area (Å²) in [4.78, 5) is 27.1.